The predicted molar refractivity (Wildman–Crippen MR) is 71.8 cm³/mol. The van der Waals surface area contributed by atoms with E-state index in [2.05, 4.69) is 11.9 Å². The van der Waals surface area contributed by atoms with Gasteiger partial charge in [0, 0.05) is 12.1 Å². The molecule has 0 aliphatic heterocycles. The monoisotopic (exact) mass is 277 g/mol. The lowest BCUT2D eigenvalue weighted by atomic mass is 9.93. The van der Waals surface area contributed by atoms with Crippen LogP contribution in [0.2, 0.25) is 0 Å². The minimum atomic E-state index is -3.94. The van der Waals surface area contributed by atoms with Crippen LogP contribution in [0.5, 0.6) is 0 Å². The van der Waals surface area contributed by atoms with Gasteiger partial charge in [0.1, 0.15) is 0 Å². The second-order valence-electron chi connectivity index (χ2n) is 4.93. The smallest absolute Gasteiger partial charge is 0.265 e. The zero-order valence-corrected chi connectivity index (χ0v) is 12.1. The summed E-state index contributed by atoms with van der Waals surface area (Å²) in [4.78, 5) is 11.2. The molecule has 1 amide bonds. The Balaban J connectivity index is 4.07. The van der Waals surface area contributed by atoms with Crippen LogP contribution in [0.15, 0.2) is 12.2 Å². The van der Waals surface area contributed by atoms with Crippen LogP contribution in [0.4, 0.5) is 0 Å². The highest BCUT2D eigenvalue weighted by atomic mass is 32.2. The summed E-state index contributed by atoms with van der Waals surface area (Å²) in [5, 5.41) is 2.69. The van der Waals surface area contributed by atoms with E-state index in [1.54, 1.807) is 6.92 Å². The number of hydrogen-bond acceptors (Lipinski definition) is 3. The fourth-order valence-electron chi connectivity index (χ4n) is 1.60. The first-order valence-electron chi connectivity index (χ1n) is 6.02. The Kier molecular flexibility index (Phi) is 7.16. The summed E-state index contributed by atoms with van der Waals surface area (Å²) in [6.45, 7) is 9.48. The van der Waals surface area contributed by atoms with Crippen LogP contribution >= 0.6 is 0 Å². The highest BCUT2D eigenvalue weighted by Gasteiger charge is 2.19. The lowest BCUT2D eigenvalue weighted by Crippen LogP contribution is -2.26. The van der Waals surface area contributed by atoms with Crippen molar-refractivity contribution in [3.8, 4) is 0 Å². The van der Waals surface area contributed by atoms with Crippen molar-refractivity contribution in [3.63, 3.8) is 0 Å². The first kappa shape index (κ1) is 17.1. The van der Waals surface area contributed by atoms with Crippen LogP contribution in [0.25, 0.3) is 0 Å². The molecule has 5 nitrogen and oxygen atoms in total. The van der Waals surface area contributed by atoms with E-state index in [0.717, 1.165) is 0 Å². The van der Waals surface area contributed by atoms with Gasteiger partial charge in [0.25, 0.3) is 10.1 Å². The molecule has 6 heteroatoms. The number of nitrogens with one attached hydrogen (secondary N) is 1. The minimum Gasteiger partial charge on any atom is -0.352 e. The number of amides is 1. The summed E-state index contributed by atoms with van der Waals surface area (Å²) in [7, 11) is -3.94. The van der Waals surface area contributed by atoms with Crippen molar-refractivity contribution >= 4 is 16.0 Å². The average Bonchev–Trinajstić information content (AvgIpc) is 2.19. The van der Waals surface area contributed by atoms with E-state index in [0.29, 0.717) is 25.0 Å². The maximum atomic E-state index is 11.2. The molecule has 2 N–H and O–H groups in total. The third kappa shape index (κ3) is 8.25. The summed E-state index contributed by atoms with van der Waals surface area (Å²) in [5.74, 6) is -0.338. The molecule has 0 aromatic heterocycles. The fraction of sp³-hybridized carbons (Fsp3) is 0.750. The highest BCUT2D eigenvalue weighted by Crippen LogP contribution is 2.18. The van der Waals surface area contributed by atoms with Crippen LogP contribution < -0.4 is 5.32 Å². The Morgan fingerprint density at radius 2 is 1.94 bits per heavy atom. The van der Waals surface area contributed by atoms with Crippen LogP contribution in [0.1, 0.15) is 33.6 Å². The Hall–Kier alpha value is -0.880. The summed E-state index contributed by atoms with van der Waals surface area (Å²) >= 11 is 0. The van der Waals surface area contributed by atoms with Gasteiger partial charge in [-0.3, -0.25) is 9.35 Å². The first-order valence-corrected chi connectivity index (χ1v) is 7.63. The largest absolute Gasteiger partial charge is 0.352 e. The summed E-state index contributed by atoms with van der Waals surface area (Å²) in [6, 6.07) is 0. The van der Waals surface area contributed by atoms with Crippen molar-refractivity contribution in [1.29, 1.82) is 0 Å². The van der Waals surface area contributed by atoms with Gasteiger partial charge in [0.15, 0.2) is 0 Å². The quantitative estimate of drug-likeness (QED) is 0.401. The first-order chi connectivity index (χ1) is 8.13. The SMILES string of the molecule is C=C(C)C(=O)NCCCC(CS(=O)(=O)O)C(C)C. The Labute approximate surface area is 109 Å². The zero-order chi connectivity index (χ0) is 14.3. The van der Waals surface area contributed by atoms with Gasteiger partial charge in [0.05, 0.1) is 5.75 Å². The van der Waals surface area contributed by atoms with Gasteiger partial charge in [-0.15, -0.1) is 0 Å². The van der Waals surface area contributed by atoms with Crippen molar-refractivity contribution in [1.82, 2.24) is 5.32 Å². The summed E-state index contributed by atoms with van der Waals surface area (Å²) in [5.41, 5.74) is 0.452. The van der Waals surface area contributed by atoms with Gasteiger partial charge >= 0.3 is 0 Å². The molecule has 0 bridgehead atoms. The molecule has 0 fully saturated rings. The van der Waals surface area contributed by atoms with Gasteiger partial charge in [0.2, 0.25) is 5.91 Å². The van der Waals surface area contributed by atoms with Gasteiger partial charge in [-0.25, -0.2) is 0 Å². The second-order valence-corrected chi connectivity index (χ2v) is 6.43. The highest BCUT2D eigenvalue weighted by molar-refractivity contribution is 7.85. The van der Waals surface area contributed by atoms with Crippen LogP contribution in [-0.4, -0.2) is 31.2 Å². The molecular formula is C12H23NO4S. The maximum Gasteiger partial charge on any atom is 0.265 e. The molecule has 106 valence electrons. The molecule has 0 spiro atoms. The molecule has 1 unspecified atom stereocenters. The van der Waals surface area contributed by atoms with E-state index >= 15 is 0 Å². The number of carbonyl (C=O) groups is 1. The number of hydrogen-bond donors (Lipinski definition) is 2. The minimum absolute atomic E-state index is 0.0956. The average molecular weight is 277 g/mol. The van der Waals surface area contributed by atoms with Gasteiger partial charge in [-0.1, -0.05) is 20.4 Å². The Morgan fingerprint density at radius 3 is 2.33 bits per heavy atom. The zero-order valence-electron chi connectivity index (χ0n) is 11.3. The Bertz CT molecular complexity index is 387. The normalized spacial score (nSPS) is 13.4. The topological polar surface area (TPSA) is 83.5 Å². The van der Waals surface area contributed by atoms with E-state index in [4.69, 9.17) is 4.55 Å². The molecule has 0 aliphatic carbocycles. The van der Waals surface area contributed by atoms with Crippen LogP contribution in [0.3, 0.4) is 0 Å². The van der Waals surface area contributed by atoms with E-state index in [9.17, 15) is 13.2 Å². The van der Waals surface area contributed by atoms with E-state index in [1.165, 1.54) is 0 Å². The lowest BCUT2D eigenvalue weighted by molar-refractivity contribution is -0.117. The number of rotatable bonds is 8. The molecule has 0 saturated heterocycles. The third-order valence-corrected chi connectivity index (χ3v) is 3.64. The molecule has 0 aromatic carbocycles. The molecule has 0 aliphatic rings. The van der Waals surface area contributed by atoms with E-state index in [1.807, 2.05) is 13.8 Å². The number of carbonyl (C=O) groups excluding carboxylic acids is 1. The van der Waals surface area contributed by atoms with Gasteiger partial charge < -0.3 is 5.32 Å². The molecule has 1 atom stereocenters. The van der Waals surface area contributed by atoms with Gasteiger partial charge in [-0.2, -0.15) is 8.42 Å². The fourth-order valence-corrected chi connectivity index (χ4v) is 2.69. The molecular weight excluding hydrogens is 254 g/mol. The third-order valence-electron chi connectivity index (χ3n) is 2.79. The lowest BCUT2D eigenvalue weighted by Gasteiger charge is -2.19. The molecule has 0 saturated carbocycles. The molecule has 0 heterocycles. The predicted octanol–water partition coefficient (Wildman–Crippen LogP) is 1.62. The molecule has 0 radical (unpaired) electrons. The van der Waals surface area contributed by atoms with Crippen LogP contribution in [-0.2, 0) is 14.9 Å². The van der Waals surface area contributed by atoms with Gasteiger partial charge in [-0.05, 0) is 31.6 Å². The van der Waals surface area contributed by atoms with Crippen molar-refractivity contribution in [2.75, 3.05) is 12.3 Å². The summed E-state index contributed by atoms with van der Waals surface area (Å²) in [6.07, 6.45) is 1.32. The van der Waals surface area contributed by atoms with Crippen LogP contribution in [0, 0.1) is 11.8 Å². The van der Waals surface area contributed by atoms with Crippen molar-refractivity contribution in [3.05, 3.63) is 12.2 Å². The van der Waals surface area contributed by atoms with E-state index < -0.39 is 10.1 Å². The van der Waals surface area contributed by atoms with Crippen molar-refractivity contribution < 1.29 is 17.8 Å². The van der Waals surface area contributed by atoms with Crippen molar-refractivity contribution in [2.24, 2.45) is 11.8 Å². The molecule has 0 aromatic rings. The molecule has 0 rings (SSSR count). The second kappa shape index (κ2) is 7.53. The maximum absolute atomic E-state index is 11.2. The molecule has 18 heavy (non-hydrogen) atoms. The standard InChI is InChI=1S/C12H23NO4S/c1-9(2)11(8-18(15,16)17)6-5-7-13-12(14)10(3)4/h9,11H,3,5-8H2,1-2,4H3,(H,13,14)(H,15,16,17). The van der Waals surface area contributed by atoms with Crippen molar-refractivity contribution in [2.45, 2.75) is 33.6 Å². The Morgan fingerprint density at radius 1 is 1.39 bits per heavy atom. The summed E-state index contributed by atoms with van der Waals surface area (Å²) < 4.78 is 30.5. The van der Waals surface area contributed by atoms with E-state index in [-0.39, 0.29) is 23.5 Å².